The predicted octanol–water partition coefficient (Wildman–Crippen LogP) is 3.07. The first-order valence-corrected chi connectivity index (χ1v) is 5.96. The molecule has 0 spiro atoms. The second-order valence-electron chi connectivity index (χ2n) is 3.13. The van der Waals surface area contributed by atoms with E-state index in [4.69, 9.17) is 11.6 Å². The van der Waals surface area contributed by atoms with Crippen LogP contribution in [0.15, 0.2) is 28.7 Å². The zero-order valence-corrected chi connectivity index (χ0v) is 11.2. The molecule has 2 N–H and O–H groups in total. The Hall–Kier alpha value is -1.40. The van der Waals surface area contributed by atoms with Crippen molar-refractivity contribution in [2.75, 3.05) is 17.7 Å². The molecule has 0 bridgehead atoms. The highest BCUT2D eigenvalue weighted by Gasteiger charge is 2.03. The minimum absolute atomic E-state index is 0.143. The summed E-state index contributed by atoms with van der Waals surface area (Å²) in [6.45, 7) is 0. The van der Waals surface area contributed by atoms with Gasteiger partial charge in [-0.25, -0.2) is 0 Å². The molecule has 0 aliphatic heterocycles. The fourth-order valence-corrected chi connectivity index (χ4v) is 1.60. The van der Waals surface area contributed by atoms with Crippen LogP contribution in [0.2, 0.25) is 5.28 Å². The van der Waals surface area contributed by atoms with Crippen molar-refractivity contribution in [3.05, 3.63) is 34.0 Å². The van der Waals surface area contributed by atoms with Gasteiger partial charge in [-0.1, -0.05) is 15.9 Å². The molecule has 0 unspecified atom stereocenters. The number of halogens is 2. The van der Waals surface area contributed by atoms with Gasteiger partial charge in [0.25, 0.3) is 0 Å². The van der Waals surface area contributed by atoms with Crippen molar-refractivity contribution >= 4 is 45.1 Å². The lowest BCUT2D eigenvalue weighted by atomic mass is 10.3. The number of hydrogen-bond acceptors (Lipinski definition) is 5. The third-order valence-corrected chi connectivity index (χ3v) is 2.63. The van der Waals surface area contributed by atoms with E-state index in [1.165, 1.54) is 0 Å². The summed E-state index contributed by atoms with van der Waals surface area (Å²) >= 11 is 9.14. The Morgan fingerprint density at radius 3 is 2.35 bits per heavy atom. The number of nitrogens with zero attached hydrogens (tertiary/aromatic N) is 3. The lowest BCUT2D eigenvalue weighted by molar-refractivity contribution is 1.05. The largest absolute Gasteiger partial charge is 0.357 e. The lowest BCUT2D eigenvalue weighted by Crippen LogP contribution is -2.03. The van der Waals surface area contributed by atoms with E-state index < -0.39 is 0 Å². The number of hydrogen-bond donors (Lipinski definition) is 2. The van der Waals surface area contributed by atoms with E-state index >= 15 is 0 Å². The molecule has 0 aliphatic rings. The second-order valence-corrected chi connectivity index (χ2v) is 4.39. The Balaban J connectivity index is 2.23. The topological polar surface area (TPSA) is 62.7 Å². The summed E-state index contributed by atoms with van der Waals surface area (Å²) in [5.74, 6) is 0.821. The van der Waals surface area contributed by atoms with E-state index in [1.807, 2.05) is 24.3 Å². The third kappa shape index (κ3) is 3.28. The Morgan fingerprint density at radius 2 is 1.71 bits per heavy atom. The molecule has 0 atom stereocenters. The van der Waals surface area contributed by atoms with Crippen LogP contribution in [-0.2, 0) is 0 Å². The van der Waals surface area contributed by atoms with Gasteiger partial charge in [0, 0.05) is 17.2 Å². The highest BCUT2D eigenvalue weighted by atomic mass is 79.9. The van der Waals surface area contributed by atoms with Crippen LogP contribution in [0.25, 0.3) is 0 Å². The number of anilines is 3. The van der Waals surface area contributed by atoms with E-state index in [1.54, 1.807) is 7.05 Å². The first-order chi connectivity index (χ1) is 8.17. The molecule has 88 valence electrons. The maximum absolute atomic E-state index is 5.77. The first kappa shape index (κ1) is 12.1. The molecule has 0 saturated heterocycles. The highest BCUT2D eigenvalue weighted by molar-refractivity contribution is 9.10. The summed E-state index contributed by atoms with van der Waals surface area (Å²) < 4.78 is 1.01. The van der Waals surface area contributed by atoms with E-state index in [0.29, 0.717) is 11.9 Å². The zero-order valence-electron chi connectivity index (χ0n) is 8.91. The van der Waals surface area contributed by atoms with Crippen LogP contribution in [0.3, 0.4) is 0 Å². The molecule has 5 nitrogen and oxygen atoms in total. The van der Waals surface area contributed by atoms with Gasteiger partial charge in [0.1, 0.15) is 0 Å². The number of nitrogens with one attached hydrogen (secondary N) is 2. The van der Waals surface area contributed by atoms with Crippen LogP contribution in [0.1, 0.15) is 0 Å². The van der Waals surface area contributed by atoms with Gasteiger partial charge < -0.3 is 10.6 Å². The van der Waals surface area contributed by atoms with Gasteiger partial charge in [0.05, 0.1) is 0 Å². The predicted molar refractivity (Wildman–Crippen MR) is 71.8 cm³/mol. The van der Waals surface area contributed by atoms with Crippen LogP contribution in [0.4, 0.5) is 17.6 Å². The molecular formula is C10H9BrClN5. The smallest absolute Gasteiger partial charge is 0.233 e. The van der Waals surface area contributed by atoms with Crippen molar-refractivity contribution in [1.29, 1.82) is 0 Å². The van der Waals surface area contributed by atoms with Crippen LogP contribution in [0.5, 0.6) is 0 Å². The van der Waals surface area contributed by atoms with Crippen LogP contribution in [-0.4, -0.2) is 22.0 Å². The van der Waals surface area contributed by atoms with Crippen LogP contribution >= 0.6 is 27.5 Å². The van der Waals surface area contributed by atoms with Crippen molar-refractivity contribution in [2.24, 2.45) is 0 Å². The van der Waals surface area contributed by atoms with Crippen LogP contribution < -0.4 is 10.6 Å². The molecule has 1 aromatic heterocycles. The minimum atomic E-state index is 0.143. The van der Waals surface area contributed by atoms with Crippen molar-refractivity contribution < 1.29 is 0 Å². The zero-order chi connectivity index (χ0) is 12.3. The first-order valence-electron chi connectivity index (χ1n) is 4.79. The fraction of sp³-hybridized carbons (Fsp3) is 0.100. The summed E-state index contributed by atoms with van der Waals surface area (Å²) in [5.41, 5.74) is 0.873. The maximum atomic E-state index is 5.77. The normalized spacial score (nSPS) is 10.1. The third-order valence-electron chi connectivity index (χ3n) is 1.93. The second kappa shape index (κ2) is 5.29. The van der Waals surface area contributed by atoms with Gasteiger partial charge in [-0.2, -0.15) is 15.0 Å². The SMILES string of the molecule is CNc1nc(Cl)nc(Nc2ccc(Br)cc2)n1. The van der Waals surface area contributed by atoms with E-state index in [9.17, 15) is 0 Å². The van der Waals surface area contributed by atoms with Gasteiger partial charge >= 0.3 is 0 Å². The van der Waals surface area contributed by atoms with Crippen molar-refractivity contribution in [1.82, 2.24) is 15.0 Å². The molecular weight excluding hydrogens is 306 g/mol. The molecule has 2 aromatic rings. The maximum Gasteiger partial charge on any atom is 0.233 e. The molecule has 2 rings (SSSR count). The highest BCUT2D eigenvalue weighted by Crippen LogP contribution is 2.18. The van der Waals surface area contributed by atoms with Gasteiger partial charge in [0.15, 0.2) is 0 Å². The minimum Gasteiger partial charge on any atom is -0.357 e. The summed E-state index contributed by atoms with van der Waals surface area (Å²) in [7, 11) is 1.72. The van der Waals surface area contributed by atoms with E-state index in [2.05, 4.69) is 41.5 Å². The molecule has 1 aromatic carbocycles. The Morgan fingerprint density at radius 1 is 1.06 bits per heavy atom. The molecule has 0 radical (unpaired) electrons. The van der Waals surface area contributed by atoms with Crippen molar-refractivity contribution in [3.63, 3.8) is 0 Å². The number of aromatic nitrogens is 3. The monoisotopic (exact) mass is 313 g/mol. The average Bonchev–Trinajstić information content (AvgIpc) is 2.31. The van der Waals surface area contributed by atoms with Gasteiger partial charge in [-0.05, 0) is 35.9 Å². The molecule has 0 amide bonds. The van der Waals surface area contributed by atoms with Gasteiger partial charge in [0.2, 0.25) is 17.2 Å². The Bertz CT molecular complexity index is 517. The Labute approximate surface area is 112 Å². The molecule has 0 aliphatic carbocycles. The summed E-state index contributed by atoms with van der Waals surface area (Å²) in [4.78, 5) is 12.0. The van der Waals surface area contributed by atoms with Crippen LogP contribution in [0, 0.1) is 0 Å². The van der Waals surface area contributed by atoms with E-state index in [0.717, 1.165) is 10.2 Å². The van der Waals surface area contributed by atoms with Crippen molar-refractivity contribution in [2.45, 2.75) is 0 Å². The fourth-order valence-electron chi connectivity index (χ4n) is 1.18. The summed E-state index contributed by atoms with van der Waals surface area (Å²) in [6, 6.07) is 7.65. The summed E-state index contributed by atoms with van der Waals surface area (Å²) in [5, 5.41) is 5.99. The molecule has 0 saturated carbocycles. The molecule has 17 heavy (non-hydrogen) atoms. The van der Waals surface area contributed by atoms with Gasteiger partial charge in [-0.15, -0.1) is 0 Å². The van der Waals surface area contributed by atoms with Crippen molar-refractivity contribution in [3.8, 4) is 0 Å². The summed E-state index contributed by atoms with van der Waals surface area (Å²) in [6.07, 6.45) is 0. The lowest BCUT2D eigenvalue weighted by Gasteiger charge is -2.06. The van der Waals surface area contributed by atoms with E-state index in [-0.39, 0.29) is 5.28 Å². The quantitative estimate of drug-likeness (QED) is 0.911. The molecule has 0 fully saturated rings. The Kier molecular flexibility index (Phi) is 3.75. The average molecular weight is 315 g/mol. The molecule has 7 heteroatoms. The molecule has 1 heterocycles. The standard InChI is InChI=1S/C10H9BrClN5/c1-13-9-15-8(12)16-10(17-9)14-7-4-2-6(11)3-5-7/h2-5H,1H3,(H2,13,14,15,16,17). The van der Waals surface area contributed by atoms with Gasteiger partial charge in [-0.3, -0.25) is 0 Å². The number of benzene rings is 1. The number of rotatable bonds is 3.